The Labute approximate surface area is 194 Å². The Bertz CT molecular complexity index is 1200. The molecule has 2 heteroatoms. The van der Waals surface area contributed by atoms with E-state index < -0.39 is 0 Å². The van der Waals surface area contributed by atoms with E-state index in [1.807, 2.05) is 0 Å². The van der Waals surface area contributed by atoms with Gasteiger partial charge in [-0.05, 0) is 156 Å². The van der Waals surface area contributed by atoms with Crippen molar-refractivity contribution in [1.82, 2.24) is 0 Å². The van der Waals surface area contributed by atoms with Gasteiger partial charge >= 0.3 is 0 Å². The highest BCUT2D eigenvalue weighted by Crippen LogP contribution is 2.43. The fourth-order valence-electron chi connectivity index (χ4n) is 4.46. The van der Waals surface area contributed by atoms with Crippen molar-refractivity contribution in [2.45, 2.75) is 83.1 Å². The van der Waals surface area contributed by atoms with E-state index in [1.54, 1.807) is 0 Å². The quantitative estimate of drug-likeness (QED) is 0.411. The number of hydrogen-bond acceptors (Lipinski definition) is 2. The Morgan fingerprint density at radius 1 is 0.344 bits per heavy atom. The summed E-state index contributed by atoms with van der Waals surface area (Å²) >= 11 is 0. The van der Waals surface area contributed by atoms with Crippen molar-refractivity contribution in [2.24, 2.45) is 0 Å². The Hall–Kier alpha value is -2.74. The third-order valence-corrected chi connectivity index (χ3v) is 7.62. The molecule has 3 aromatic carbocycles. The molecule has 0 N–H and O–H groups in total. The van der Waals surface area contributed by atoms with E-state index in [1.165, 1.54) is 44.5 Å². The van der Waals surface area contributed by atoms with Crippen molar-refractivity contribution >= 4 is 0 Å². The molecule has 0 atom stereocenters. The van der Waals surface area contributed by atoms with Gasteiger partial charge in [0, 0.05) is 0 Å². The van der Waals surface area contributed by atoms with E-state index >= 15 is 0 Å². The molecule has 0 aliphatic heterocycles. The Balaban J connectivity index is 2.12. The third kappa shape index (κ3) is 3.92. The highest BCUT2D eigenvalue weighted by molar-refractivity contribution is 5.61. The van der Waals surface area contributed by atoms with Crippen molar-refractivity contribution in [1.29, 1.82) is 0 Å². The molecule has 0 radical (unpaired) electrons. The molecule has 0 saturated heterocycles. The van der Waals surface area contributed by atoms with Crippen LogP contribution >= 0.6 is 0 Å². The van der Waals surface area contributed by atoms with Crippen LogP contribution < -0.4 is 9.47 Å². The zero-order valence-corrected chi connectivity index (χ0v) is 22.0. The molecule has 0 unspecified atom stereocenters. The Morgan fingerprint density at radius 2 is 0.750 bits per heavy atom. The fourth-order valence-corrected chi connectivity index (χ4v) is 4.46. The molecule has 0 spiro atoms. The fraction of sp³-hybridized carbons (Fsp3) is 0.400. The first kappa shape index (κ1) is 23.9. The molecule has 0 heterocycles. The van der Waals surface area contributed by atoms with Gasteiger partial charge < -0.3 is 9.47 Å². The maximum atomic E-state index is 6.63. The lowest BCUT2D eigenvalue weighted by Crippen LogP contribution is -2.04. The second-order valence-electron chi connectivity index (χ2n) is 9.52. The van der Waals surface area contributed by atoms with Gasteiger partial charge in [-0.3, -0.25) is 0 Å². The second kappa shape index (κ2) is 8.65. The van der Waals surface area contributed by atoms with Gasteiger partial charge in [0.05, 0.1) is 0 Å². The first-order valence-electron chi connectivity index (χ1n) is 11.5. The normalized spacial score (nSPS) is 11.1. The molecular formula is C30H38O2. The minimum Gasteiger partial charge on any atom is -0.456 e. The summed E-state index contributed by atoms with van der Waals surface area (Å²) in [4.78, 5) is 0. The summed E-state index contributed by atoms with van der Waals surface area (Å²) < 4.78 is 13.2. The lowest BCUT2D eigenvalue weighted by Gasteiger charge is -2.24. The van der Waals surface area contributed by atoms with Gasteiger partial charge in [-0.2, -0.15) is 0 Å². The Kier molecular flexibility index (Phi) is 6.47. The molecule has 0 aromatic heterocycles. The van der Waals surface area contributed by atoms with Gasteiger partial charge in [-0.15, -0.1) is 0 Å². The molecule has 170 valence electrons. The molecule has 3 aromatic rings. The molecule has 0 aliphatic carbocycles. The largest absolute Gasteiger partial charge is 0.456 e. The minimum atomic E-state index is 0.935. The number of rotatable bonds is 4. The maximum Gasteiger partial charge on any atom is 0.134 e. The standard InChI is InChI=1S/C30H38O2/c1-15-13-17(3)28(22(8)19(15)5)32-30-25(11)23(9)29(24(10)26(30)12)31-27-14-16(2)18(4)20(6)21(27)7/h13-14H,1-12H3. The predicted octanol–water partition coefficient (Wildman–Crippen LogP) is 8.97. The zero-order chi connectivity index (χ0) is 24.1. The first-order valence-corrected chi connectivity index (χ1v) is 11.5. The van der Waals surface area contributed by atoms with Gasteiger partial charge in [0.15, 0.2) is 0 Å². The van der Waals surface area contributed by atoms with E-state index in [9.17, 15) is 0 Å². The molecule has 2 nitrogen and oxygen atoms in total. The number of hydrogen-bond donors (Lipinski definition) is 0. The topological polar surface area (TPSA) is 18.5 Å². The van der Waals surface area contributed by atoms with Crippen LogP contribution in [0.5, 0.6) is 23.0 Å². The van der Waals surface area contributed by atoms with E-state index in [-0.39, 0.29) is 0 Å². The van der Waals surface area contributed by atoms with Crippen LogP contribution in [0.1, 0.15) is 66.8 Å². The van der Waals surface area contributed by atoms with E-state index in [4.69, 9.17) is 9.47 Å². The lowest BCUT2D eigenvalue weighted by atomic mass is 9.96. The van der Waals surface area contributed by atoms with Crippen LogP contribution in [-0.2, 0) is 0 Å². The first-order chi connectivity index (χ1) is 14.9. The third-order valence-electron chi connectivity index (χ3n) is 7.62. The van der Waals surface area contributed by atoms with Crippen LogP contribution in [0.15, 0.2) is 12.1 Å². The molecular weight excluding hydrogens is 392 g/mol. The van der Waals surface area contributed by atoms with Gasteiger partial charge in [0.25, 0.3) is 0 Å². The number of ether oxygens (including phenoxy) is 2. The van der Waals surface area contributed by atoms with Crippen molar-refractivity contribution in [2.75, 3.05) is 0 Å². The predicted molar refractivity (Wildman–Crippen MR) is 136 cm³/mol. The molecule has 0 saturated carbocycles. The summed E-state index contributed by atoms with van der Waals surface area (Å²) in [7, 11) is 0. The highest BCUT2D eigenvalue weighted by Gasteiger charge is 2.21. The second-order valence-corrected chi connectivity index (χ2v) is 9.52. The van der Waals surface area contributed by atoms with Crippen LogP contribution in [-0.4, -0.2) is 0 Å². The van der Waals surface area contributed by atoms with Crippen molar-refractivity contribution in [3.8, 4) is 23.0 Å². The summed E-state index contributed by atoms with van der Waals surface area (Å²) in [6, 6.07) is 4.37. The molecule has 3 rings (SSSR count). The van der Waals surface area contributed by atoms with Crippen LogP contribution in [0.2, 0.25) is 0 Å². The summed E-state index contributed by atoms with van der Waals surface area (Å²) in [5.41, 5.74) is 14.5. The summed E-state index contributed by atoms with van der Waals surface area (Å²) in [6.45, 7) is 25.8. The molecule has 0 fully saturated rings. The molecule has 0 amide bonds. The van der Waals surface area contributed by atoms with E-state index in [0.29, 0.717) is 0 Å². The van der Waals surface area contributed by atoms with Crippen molar-refractivity contribution < 1.29 is 9.47 Å². The molecule has 32 heavy (non-hydrogen) atoms. The van der Waals surface area contributed by atoms with Crippen molar-refractivity contribution in [3.63, 3.8) is 0 Å². The maximum absolute atomic E-state index is 6.63. The SMILES string of the molecule is Cc1cc(Oc2c(C)c(C)c(Oc3c(C)cc(C)c(C)c3C)c(C)c2C)c(C)c(C)c1C. The highest BCUT2D eigenvalue weighted by atomic mass is 16.5. The average molecular weight is 431 g/mol. The number of benzene rings is 3. The average Bonchev–Trinajstić information content (AvgIpc) is 2.75. The van der Waals surface area contributed by atoms with E-state index in [0.717, 1.165) is 45.3 Å². The lowest BCUT2D eigenvalue weighted by molar-refractivity contribution is 0.450. The van der Waals surface area contributed by atoms with Gasteiger partial charge in [-0.25, -0.2) is 0 Å². The molecule has 0 aliphatic rings. The Morgan fingerprint density at radius 3 is 1.28 bits per heavy atom. The van der Waals surface area contributed by atoms with Crippen LogP contribution in [0, 0.1) is 83.1 Å². The van der Waals surface area contributed by atoms with Crippen LogP contribution in [0.25, 0.3) is 0 Å². The summed E-state index contributed by atoms with van der Waals surface area (Å²) in [5, 5.41) is 0. The van der Waals surface area contributed by atoms with Gasteiger partial charge in [0.2, 0.25) is 0 Å². The van der Waals surface area contributed by atoms with Gasteiger partial charge in [0.1, 0.15) is 23.0 Å². The zero-order valence-electron chi connectivity index (χ0n) is 22.0. The van der Waals surface area contributed by atoms with E-state index in [2.05, 4.69) is 95.2 Å². The monoisotopic (exact) mass is 430 g/mol. The summed E-state index contributed by atoms with van der Waals surface area (Å²) in [5.74, 6) is 3.78. The van der Waals surface area contributed by atoms with Crippen LogP contribution in [0.4, 0.5) is 0 Å². The molecule has 0 bridgehead atoms. The summed E-state index contributed by atoms with van der Waals surface area (Å²) in [6.07, 6.45) is 0. The minimum absolute atomic E-state index is 0.935. The van der Waals surface area contributed by atoms with Crippen LogP contribution in [0.3, 0.4) is 0 Å². The van der Waals surface area contributed by atoms with Gasteiger partial charge in [-0.1, -0.05) is 6.07 Å². The smallest absolute Gasteiger partial charge is 0.134 e. The number of aryl methyl sites for hydroxylation is 3. The van der Waals surface area contributed by atoms with Crippen molar-refractivity contribution in [3.05, 3.63) is 78.9 Å².